The second kappa shape index (κ2) is 5.75. The topological polar surface area (TPSA) is 17.3 Å². The average molecular weight is 345 g/mol. The summed E-state index contributed by atoms with van der Waals surface area (Å²) in [5, 5.41) is 5.42. The van der Waals surface area contributed by atoms with Gasteiger partial charge < -0.3 is 0 Å². The molecule has 0 bridgehead atoms. The lowest BCUT2D eigenvalue weighted by Crippen LogP contribution is -1.88. The highest BCUT2D eigenvalue weighted by Gasteiger charge is 2.23. The minimum absolute atomic E-state index is 0.741. The van der Waals surface area contributed by atoms with Gasteiger partial charge in [-0.25, -0.2) is 4.52 Å². The minimum Gasteiger partial charge on any atom is -0.240 e. The Kier molecular flexibility index (Phi) is 3.39. The lowest BCUT2D eigenvalue weighted by atomic mass is 10.0. The van der Waals surface area contributed by atoms with Crippen LogP contribution in [0, 0.1) is 0 Å². The van der Waals surface area contributed by atoms with E-state index in [1.54, 1.807) is 0 Å². The predicted molar refractivity (Wildman–Crippen MR) is 103 cm³/mol. The molecule has 1 saturated carbocycles. The van der Waals surface area contributed by atoms with E-state index in [2.05, 4.69) is 47.6 Å². The van der Waals surface area contributed by atoms with E-state index in [-0.39, 0.29) is 0 Å². The summed E-state index contributed by atoms with van der Waals surface area (Å²) < 4.78 is 1.93. The van der Waals surface area contributed by atoms with Crippen LogP contribution in [0.2, 0.25) is 5.02 Å². The zero-order chi connectivity index (χ0) is 16.8. The molecular weight excluding hydrogens is 328 g/mol. The Morgan fingerprint density at radius 1 is 0.840 bits per heavy atom. The van der Waals surface area contributed by atoms with Crippen molar-refractivity contribution in [1.82, 2.24) is 9.61 Å². The van der Waals surface area contributed by atoms with Crippen molar-refractivity contribution >= 4 is 17.1 Å². The third-order valence-corrected chi connectivity index (χ3v) is 5.12. The molecule has 2 nitrogen and oxygen atoms in total. The molecule has 3 heteroatoms. The number of halogens is 1. The quantitative estimate of drug-likeness (QED) is 0.432. The van der Waals surface area contributed by atoms with Crippen molar-refractivity contribution in [3.63, 3.8) is 0 Å². The highest BCUT2D eigenvalue weighted by molar-refractivity contribution is 6.30. The van der Waals surface area contributed by atoms with Crippen LogP contribution in [-0.2, 0) is 0 Å². The third-order valence-electron chi connectivity index (χ3n) is 4.87. The zero-order valence-electron chi connectivity index (χ0n) is 13.7. The van der Waals surface area contributed by atoms with E-state index >= 15 is 0 Å². The third kappa shape index (κ3) is 2.83. The van der Waals surface area contributed by atoms with Crippen LogP contribution < -0.4 is 0 Å². The fourth-order valence-electron chi connectivity index (χ4n) is 3.32. The molecule has 2 aromatic carbocycles. The van der Waals surface area contributed by atoms with Gasteiger partial charge in [-0.05, 0) is 65.8 Å². The molecule has 4 aromatic rings. The van der Waals surface area contributed by atoms with Gasteiger partial charge in [0.2, 0.25) is 0 Å². The number of benzene rings is 2. The molecular formula is C22H17ClN2. The molecule has 1 fully saturated rings. The van der Waals surface area contributed by atoms with Gasteiger partial charge in [-0.1, -0.05) is 48.0 Å². The van der Waals surface area contributed by atoms with Gasteiger partial charge in [-0.2, -0.15) is 5.10 Å². The molecule has 25 heavy (non-hydrogen) atoms. The first-order valence-corrected chi connectivity index (χ1v) is 9.00. The minimum atomic E-state index is 0.741. The fourth-order valence-corrected chi connectivity index (χ4v) is 3.45. The maximum absolute atomic E-state index is 5.98. The Morgan fingerprint density at radius 3 is 2.44 bits per heavy atom. The number of hydrogen-bond acceptors (Lipinski definition) is 1. The summed E-state index contributed by atoms with van der Waals surface area (Å²) in [4.78, 5) is 0. The van der Waals surface area contributed by atoms with E-state index in [4.69, 9.17) is 11.6 Å². The summed E-state index contributed by atoms with van der Waals surface area (Å²) in [6.45, 7) is 0. The molecule has 0 spiro atoms. The molecule has 1 aliphatic carbocycles. The molecule has 0 N–H and O–H groups in total. The molecule has 2 aromatic heterocycles. The molecule has 0 aliphatic heterocycles. The van der Waals surface area contributed by atoms with Crippen molar-refractivity contribution in [3.8, 4) is 22.4 Å². The van der Waals surface area contributed by atoms with Gasteiger partial charge in [0.05, 0.1) is 11.2 Å². The first kappa shape index (κ1) is 14.7. The van der Waals surface area contributed by atoms with Crippen molar-refractivity contribution in [2.45, 2.75) is 18.8 Å². The Balaban J connectivity index is 1.55. The summed E-state index contributed by atoms with van der Waals surface area (Å²) in [5.41, 5.74) is 7.11. The van der Waals surface area contributed by atoms with Gasteiger partial charge >= 0.3 is 0 Å². The van der Waals surface area contributed by atoms with E-state index in [9.17, 15) is 0 Å². The molecule has 0 saturated heterocycles. The normalized spacial score (nSPS) is 14.1. The van der Waals surface area contributed by atoms with Crippen molar-refractivity contribution in [2.75, 3.05) is 0 Å². The summed E-state index contributed by atoms with van der Waals surface area (Å²) in [6, 6.07) is 23.2. The Labute approximate surface area is 151 Å². The summed E-state index contributed by atoms with van der Waals surface area (Å²) in [6.07, 6.45) is 4.69. The Morgan fingerprint density at radius 2 is 1.64 bits per heavy atom. The van der Waals surface area contributed by atoms with Crippen LogP contribution >= 0.6 is 11.6 Å². The maximum atomic E-state index is 5.98. The molecule has 1 aliphatic rings. The second-order valence-electron chi connectivity index (χ2n) is 6.72. The molecule has 5 rings (SSSR count). The van der Waals surface area contributed by atoms with Crippen LogP contribution in [0.5, 0.6) is 0 Å². The van der Waals surface area contributed by atoms with Gasteiger partial charge in [0.1, 0.15) is 0 Å². The molecule has 0 amide bonds. The fraction of sp³-hybridized carbons (Fsp3) is 0.136. The number of pyridine rings is 1. The summed E-state index contributed by atoms with van der Waals surface area (Å²) in [5.74, 6) is 0.773. The lowest BCUT2D eigenvalue weighted by Gasteiger charge is -2.05. The van der Waals surface area contributed by atoms with Crippen LogP contribution in [-0.4, -0.2) is 9.61 Å². The summed E-state index contributed by atoms with van der Waals surface area (Å²) >= 11 is 5.98. The van der Waals surface area contributed by atoms with Crippen LogP contribution in [0.4, 0.5) is 0 Å². The zero-order valence-corrected chi connectivity index (χ0v) is 14.4. The molecule has 0 radical (unpaired) electrons. The van der Waals surface area contributed by atoms with E-state index in [1.165, 1.54) is 29.5 Å². The van der Waals surface area contributed by atoms with E-state index < -0.39 is 0 Å². The van der Waals surface area contributed by atoms with Crippen LogP contribution in [0.1, 0.15) is 24.3 Å². The molecule has 122 valence electrons. The van der Waals surface area contributed by atoms with E-state index in [0.29, 0.717) is 0 Å². The van der Waals surface area contributed by atoms with Gasteiger partial charge in [0.25, 0.3) is 0 Å². The monoisotopic (exact) mass is 344 g/mol. The van der Waals surface area contributed by atoms with Gasteiger partial charge in [0.15, 0.2) is 0 Å². The van der Waals surface area contributed by atoms with Gasteiger partial charge in [-0.3, -0.25) is 0 Å². The van der Waals surface area contributed by atoms with E-state index in [0.717, 1.165) is 27.7 Å². The van der Waals surface area contributed by atoms with Crippen LogP contribution in [0.3, 0.4) is 0 Å². The molecule has 2 heterocycles. The van der Waals surface area contributed by atoms with Crippen LogP contribution in [0.25, 0.3) is 27.9 Å². The second-order valence-corrected chi connectivity index (χ2v) is 7.16. The van der Waals surface area contributed by atoms with Crippen molar-refractivity contribution in [3.05, 3.63) is 83.5 Å². The van der Waals surface area contributed by atoms with Crippen LogP contribution in [0.15, 0.2) is 72.9 Å². The highest BCUT2D eigenvalue weighted by atomic mass is 35.5. The van der Waals surface area contributed by atoms with Crippen molar-refractivity contribution in [2.24, 2.45) is 0 Å². The molecule has 0 unspecified atom stereocenters. The van der Waals surface area contributed by atoms with E-state index in [1.807, 2.05) is 35.0 Å². The number of rotatable bonds is 3. The predicted octanol–water partition coefficient (Wildman–Crippen LogP) is 6.20. The van der Waals surface area contributed by atoms with Gasteiger partial charge in [-0.15, -0.1) is 0 Å². The number of fused-ring (bicyclic) bond motifs is 1. The lowest BCUT2D eigenvalue weighted by molar-refractivity contribution is 0.966. The van der Waals surface area contributed by atoms with Crippen molar-refractivity contribution in [1.29, 1.82) is 0 Å². The first-order chi connectivity index (χ1) is 12.3. The number of hydrogen-bond donors (Lipinski definition) is 0. The largest absolute Gasteiger partial charge is 0.240 e. The first-order valence-electron chi connectivity index (χ1n) is 8.62. The Bertz CT molecular complexity index is 1060. The number of nitrogens with zero attached hydrogens (tertiary/aromatic N) is 2. The Hall–Kier alpha value is -2.58. The van der Waals surface area contributed by atoms with Crippen molar-refractivity contribution < 1.29 is 0 Å². The standard InChI is InChI=1S/C22H17ClN2/c23-20-8-6-16(7-9-20)22-14-21-13-19(10-11-25(21)24-22)18-3-1-2-17(12-18)15-4-5-15/h1-3,6-15H,4-5H2. The van der Waals surface area contributed by atoms with Gasteiger partial charge in [0, 0.05) is 16.8 Å². The SMILES string of the molecule is Clc1ccc(-c2cc3cc(-c4cccc(C5CC5)c4)ccn3n2)cc1. The highest BCUT2D eigenvalue weighted by Crippen LogP contribution is 2.41. The molecule has 0 atom stereocenters. The average Bonchev–Trinajstić information content (AvgIpc) is 3.41. The number of aromatic nitrogens is 2. The smallest absolute Gasteiger partial charge is 0.0933 e. The maximum Gasteiger partial charge on any atom is 0.0933 e. The summed E-state index contributed by atoms with van der Waals surface area (Å²) in [7, 11) is 0.